The normalized spacial score (nSPS) is 11.2. The van der Waals surface area contributed by atoms with E-state index in [4.69, 9.17) is 24.1 Å². The number of nitrogens with one attached hydrogen (secondary N) is 1. The summed E-state index contributed by atoms with van der Waals surface area (Å²) in [6, 6.07) is 0. The van der Waals surface area contributed by atoms with E-state index in [0.29, 0.717) is 52.8 Å². The van der Waals surface area contributed by atoms with Crippen molar-refractivity contribution < 1.29 is 38.4 Å². The molecule has 0 aromatic rings. The molecular formula is C28H55NO8. The van der Waals surface area contributed by atoms with Crippen LogP contribution in [0.5, 0.6) is 0 Å². The largest absolute Gasteiger partial charge is 0.480 e. The Kier molecular flexibility index (Phi) is 29.9. The van der Waals surface area contributed by atoms with Crippen molar-refractivity contribution in [3.05, 3.63) is 0 Å². The summed E-state index contributed by atoms with van der Waals surface area (Å²) in [6.07, 6.45) is 19.1. The summed E-state index contributed by atoms with van der Waals surface area (Å²) in [5.41, 5.74) is 0. The van der Waals surface area contributed by atoms with Crippen LogP contribution in [0.3, 0.4) is 0 Å². The maximum absolute atomic E-state index is 11.3. The number of rotatable bonds is 31. The van der Waals surface area contributed by atoms with Gasteiger partial charge in [-0.15, -0.1) is 0 Å². The number of carboxylic acid groups (broad SMARTS) is 1. The molecule has 0 saturated carbocycles. The average molecular weight is 534 g/mol. The average Bonchev–Trinajstić information content (AvgIpc) is 2.88. The van der Waals surface area contributed by atoms with Crippen molar-refractivity contribution in [3.63, 3.8) is 0 Å². The predicted molar refractivity (Wildman–Crippen MR) is 145 cm³/mol. The molecule has 0 aromatic carbocycles. The van der Waals surface area contributed by atoms with Crippen LogP contribution in [0.1, 0.15) is 96.8 Å². The minimum Gasteiger partial charge on any atom is -0.480 e. The molecule has 220 valence electrons. The maximum Gasteiger partial charge on any atom is 0.329 e. The van der Waals surface area contributed by atoms with E-state index >= 15 is 0 Å². The molecule has 0 aliphatic carbocycles. The monoisotopic (exact) mass is 533 g/mol. The Hall–Kier alpha value is -1.26. The summed E-state index contributed by atoms with van der Waals surface area (Å²) in [5.74, 6) is -1.48. The minimum atomic E-state index is -1.11. The molecule has 0 atom stereocenters. The Morgan fingerprint density at radius 2 is 0.919 bits per heavy atom. The highest BCUT2D eigenvalue weighted by atomic mass is 16.6. The highest BCUT2D eigenvalue weighted by Crippen LogP contribution is 2.12. The molecule has 9 nitrogen and oxygen atoms in total. The standard InChI is InChI=1S/C28H55NO8/c1-2-3-4-5-6-7-8-9-10-11-12-13-14-15-17-33-19-21-35-23-24-36-22-20-34-18-16-29-27(30)25-37-26-28(31)32/h2-26H2,1H3,(H,29,30)(H,31,32). The summed E-state index contributed by atoms with van der Waals surface area (Å²) in [4.78, 5) is 21.6. The molecule has 0 aliphatic heterocycles. The number of hydrogen-bond acceptors (Lipinski definition) is 7. The smallest absolute Gasteiger partial charge is 0.329 e. The van der Waals surface area contributed by atoms with Crippen LogP contribution in [0.4, 0.5) is 0 Å². The molecule has 2 N–H and O–H groups in total. The van der Waals surface area contributed by atoms with E-state index in [1.807, 2.05) is 0 Å². The molecule has 0 saturated heterocycles. The quantitative estimate of drug-likeness (QED) is 0.123. The van der Waals surface area contributed by atoms with Crippen LogP contribution in [0.25, 0.3) is 0 Å². The SMILES string of the molecule is CCCCCCCCCCCCCCCCOCCOCCOCCOCCNC(=O)COCC(=O)O. The third-order valence-corrected chi connectivity index (χ3v) is 5.79. The van der Waals surface area contributed by atoms with E-state index in [9.17, 15) is 9.59 Å². The van der Waals surface area contributed by atoms with Gasteiger partial charge in [0.25, 0.3) is 0 Å². The first-order valence-corrected chi connectivity index (χ1v) is 14.5. The third kappa shape index (κ3) is 32.7. The van der Waals surface area contributed by atoms with Gasteiger partial charge < -0.3 is 34.1 Å². The van der Waals surface area contributed by atoms with Gasteiger partial charge in [-0.3, -0.25) is 4.79 Å². The van der Waals surface area contributed by atoms with Gasteiger partial charge in [0, 0.05) is 13.2 Å². The highest BCUT2D eigenvalue weighted by molar-refractivity contribution is 5.77. The van der Waals surface area contributed by atoms with Crippen LogP contribution in [0, 0.1) is 0 Å². The van der Waals surface area contributed by atoms with Crippen LogP contribution in [0.15, 0.2) is 0 Å². The number of aliphatic carboxylic acids is 1. The van der Waals surface area contributed by atoms with Crippen molar-refractivity contribution in [2.24, 2.45) is 0 Å². The molecule has 0 radical (unpaired) electrons. The van der Waals surface area contributed by atoms with Crippen molar-refractivity contribution in [2.45, 2.75) is 96.8 Å². The number of carbonyl (C=O) groups is 2. The summed E-state index contributed by atoms with van der Waals surface area (Å²) in [7, 11) is 0. The zero-order valence-electron chi connectivity index (χ0n) is 23.5. The lowest BCUT2D eigenvalue weighted by molar-refractivity contribution is -0.143. The van der Waals surface area contributed by atoms with Gasteiger partial charge in [0.05, 0.1) is 46.2 Å². The second-order valence-electron chi connectivity index (χ2n) is 9.28. The molecule has 0 aromatic heterocycles. The minimum absolute atomic E-state index is 0.278. The fraction of sp³-hybridized carbons (Fsp3) is 0.929. The number of carbonyl (C=O) groups excluding carboxylic acids is 1. The van der Waals surface area contributed by atoms with Crippen LogP contribution in [0.2, 0.25) is 0 Å². The lowest BCUT2D eigenvalue weighted by Gasteiger charge is -2.08. The van der Waals surface area contributed by atoms with Crippen molar-refractivity contribution in [3.8, 4) is 0 Å². The summed E-state index contributed by atoms with van der Waals surface area (Å²) in [6.45, 7) is 6.09. The number of ether oxygens (including phenoxy) is 5. The number of amides is 1. The van der Waals surface area contributed by atoms with E-state index in [-0.39, 0.29) is 12.5 Å². The Labute approximate surface area is 225 Å². The molecule has 0 rings (SSSR count). The fourth-order valence-electron chi connectivity index (χ4n) is 3.71. The Morgan fingerprint density at radius 1 is 0.514 bits per heavy atom. The van der Waals surface area contributed by atoms with Gasteiger partial charge in [0.2, 0.25) is 5.91 Å². The van der Waals surface area contributed by atoms with Crippen molar-refractivity contribution in [1.29, 1.82) is 0 Å². The third-order valence-electron chi connectivity index (χ3n) is 5.79. The van der Waals surface area contributed by atoms with E-state index < -0.39 is 12.6 Å². The van der Waals surface area contributed by atoms with Crippen LogP contribution < -0.4 is 5.32 Å². The fourth-order valence-corrected chi connectivity index (χ4v) is 3.71. The van der Waals surface area contributed by atoms with E-state index in [1.165, 1.54) is 83.5 Å². The first kappa shape index (κ1) is 35.7. The van der Waals surface area contributed by atoms with Crippen LogP contribution in [-0.2, 0) is 33.3 Å². The molecule has 0 spiro atoms. The molecular weight excluding hydrogens is 478 g/mol. The van der Waals surface area contributed by atoms with E-state index in [1.54, 1.807) is 0 Å². The summed E-state index contributed by atoms with van der Waals surface area (Å²) >= 11 is 0. The molecule has 0 aliphatic rings. The highest BCUT2D eigenvalue weighted by Gasteiger charge is 2.03. The van der Waals surface area contributed by atoms with Gasteiger partial charge in [0.15, 0.2) is 0 Å². The number of carboxylic acids is 1. The second kappa shape index (κ2) is 31.0. The molecule has 37 heavy (non-hydrogen) atoms. The van der Waals surface area contributed by atoms with Gasteiger partial charge in [-0.05, 0) is 6.42 Å². The van der Waals surface area contributed by atoms with Crippen molar-refractivity contribution in [2.75, 3.05) is 72.6 Å². The summed E-state index contributed by atoms with van der Waals surface area (Å²) in [5, 5.41) is 11.0. The van der Waals surface area contributed by atoms with Gasteiger partial charge in [-0.25, -0.2) is 4.79 Å². The zero-order chi connectivity index (χ0) is 27.1. The van der Waals surface area contributed by atoms with Crippen LogP contribution in [-0.4, -0.2) is 89.6 Å². The number of unbranched alkanes of at least 4 members (excludes halogenated alkanes) is 13. The van der Waals surface area contributed by atoms with Gasteiger partial charge in [-0.1, -0.05) is 90.4 Å². The van der Waals surface area contributed by atoms with Gasteiger partial charge >= 0.3 is 5.97 Å². The molecule has 0 heterocycles. The van der Waals surface area contributed by atoms with Crippen LogP contribution >= 0.6 is 0 Å². The molecule has 1 amide bonds. The molecule has 0 unspecified atom stereocenters. The Bertz CT molecular complexity index is 493. The van der Waals surface area contributed by atoms with Crippen molar-refractivity contribution in [1.82, 2.24) is 5.32 Å². The van der Waals surface area contributed by atoms with E-state index in [2.05, 4.69) is 17.0 Å². The van der Waals surface area contributed by atoms with Crippen molar-refractivity contribution >= 4 is 11.9 Å². The lowest BCUT2D eigenvalue weighted by atomic mass is 10.0. The van der Waals surface area contributed by atoms with Gasteiger partial charge in [-0.2, -0.15) is 0 Å². The predicted octanol–water partition coefficient (Wildman–Crippen LogP) is 4.75. The molecule has 0 fully saturated rings. The first-order valence-electron chi connectivity index (χ1n) is 14.5. The number of hydrogen-bond donors (Lipinski definition) is 2. The van der Waals surface area contributed by atoms with Gasteiger partial charge in [0.1, 0.15) is 13.2 Å². The topological polar surface area (TPSA) is 113 Å². The van der Waals surface area contributed by atoms with E-state index in [0.717, 1.165) is 13.0 Å². The Morgan fingerprint density at radius 3 is 1.38 bits per heavy atom. The molecule has 0 bridgehead atoms. The maximum atomic E-state index is 11.3. The first-order chi connectivity index (χ1) is 18.2. The second-order valence-corrected chi connectivity index (χ2v) is 9.28. The Balaban J connectivity index is 3.08. The lowest BCUT2D eigenvalue weighted by Crippen LogP contribution is -2.31. The molecule has 9 heteroatoms. The zero-order valence-corrected chi connectivity index (χ0v) is 23.5. The summed E-state index contributed by atoms with van der Waals surface area (Å²) < 4.78 is 26.5.